The van der Waals surface area contributed by atoms with Crippen LogP contribution in [0, 0.1) is 17.0 Å². The number of nitro groups is 1. The molecule has 0 saturated heterocycles. The van der Waals surface area contributed by atoms with Gasteiger partial charge >= 0.3 is 0 Å². The normalized spacial score (nSPS) is 11.4. The lowest BCUT2D eigenvalue weighted by Gasteiger charge is -2.15. The van der Waals surface area contributed by atoms with Crippen molar-refractivity contribution in [3.63, 3.8) is 0 Å². The van der Waals surface area contributed by atoms with Gasteiger partial charge < -0.3 is 10.4 Å². The summed E-state index contributed by atoms with van der Waals surface area (Å²) in [5, 5.41) is 21.3. The molecule has 0 aliphatic rings. The van der Waals surface area contributed by atoms with Crippen LogP contribution < -0.4 is 5.32 Å². The third-order valence-corrected chi connectivity index (χ3v) is 3.15. The molecule has 0 amide bonds. The monoisotopic (exact) mass is 325 g/mol. The van der Waals surface area contributed by atoms with E-state index < -0.39 is 24.0 Å². The minimum absolute atomic E-state index is 0.0613. The maximum absolute atomic E-state index is 12.8. The van der Waals surface area contributed by atoms with E-state index in [4.69, 9.17) is 5.11 Å². The standard InChI is InChI=1S/C9H10BrF2N3O3/c1-5-6(15(17)18)2-13-8(7(5)10)14-3-9(11,12)4-16/h2,16H,3-4H2,1H3,(H,13,14). The highest BCUT2D eigenvalue weighted by Crippen LogP contribution is 2.30. The second-order valence-electron chi connectivity index (χ2n) is 3.56. The Morgan fingerprint density at radius 1 is 1.67 bits per heavy atom. The topological polar surface area (TPSA) is 88.3 Å². The van der Waals surface area contributed by atoms with Crippen LogP contribution in [-0.4, -0.2) is 34.1 Å². The number of nitrogens with one attached hydrogen (secondary N) is 1. The smallest absolute Gasteiger partial charge is 0.291 e. The molecule has 1 rings (SSSR count). The molecule has 0 radical (unpaired) electrons. The summed E-state index contributed by atoms with van der Waals surface area (Å²) in [7, 11) is 0. The van der Waals surface area contributed by atoms with E-state index in [2.05, 4.69) is 26.2 Å². The number of aliphatic hydroxyl groups is 1. The molecule has 0 spiro atoms. The second kappa shape index (κ2) is 5.53. The number of hydrogen-bond acceptors (Lipinski definition) is 5. The van der Waals surface area contributed by atoms with Gasteiger partial charge in [-0.15, -0.1) is 0 Å². The fourth-order valence-electron chi connectivity index (χ4n) is 1.15. The third kappa shape index (κ3) is 3.33. The number of aromatic nitrogens is 1. The fourth-order valence-corrected chi connectivity index (χ4v) is 1.59. The van der Waals surface area contributed by atoms with E-state index in [1.165, 1.54) is 6.92 Å². The zero-order valence-electron chi connectivity index (χ0n) is 9.28. The molecule has 0 unspecified atom stereocenters. The molecule has 1 heterocycles. The van der Waals surface area contributed by atoms with Gasteiger partial charge in [-0.25, -0.2) is 13.8 Å². The number of anilines is 1. The van der Waals surface area contributed by atoms with Gasteiger partial charge in [0.25, 0.3) is 11.6 Å². The van der Waals surface area contributed by atoms with Crippen LogP contribution >= 0.6 is 15.9 Å². The summed E-state index contributed by atoms with van der Waals surface area (Å²) in [5.74, 6) is -3.22. The number of halogens is 3. The Kier molecular flexibility index (Phi) is 4.52. The first-order valence-electron chi connectivity index (χ1n) is 4.80. The minimum Gasteiger partial charge on any atom is -0.390 e. The first kappa shape index (κ1) is 14.7. The van der Waals surface area contributed by atoms with E-state index in [0.717, 1.165) is 6.20 Å². The molecule has 9 heteroatoms. The molecule has 0 saturated carbocycles. The molecule has 18 heavy (non-hydrogen) atoms. The summed E-state index contributed by atoms with van der Waals surface area (Å²) < 4.78 is 25.9. The highest BCUT2D eigenvalue weighted by Gasteiger charge is 2.28. The van der Waals surface area contributed by atoms with Crippen LogP contribution in [-0.2, 0) is 0 Å². The van der Waals surface area contributed by atoms with Gasteiger partial charge in [-0.05, 0) is 22.9 Å². The number of hydrogen-bond donors (Lipinski definition) is 2. The largest absolute Gasteiger partial charge is 0.390 e. The minimum atomic E-state index is -3.28. The number of nitrogens with zero attached hydrogens (tertiary/aromatic N) is 2. The Balaban J connectivity index is 2.93. The van der Waals surface area contributed by atoms with Gasteiger partial charge in [-0.2, -0.15) is 0 Å². The average Bonchev–Trinajstić information content (AvgIpc) is 2.30. The Morgan fingerprint density at radius 3 is 2.78 bits per heavy atom. The Morgan fingerprint density at radius 2 is 2.28 bits per heavy atom. The van der Waals surface area contributed by atoms with Gasteiger partial charge in [0.1, 0.15) is 18.6 Å². The highest BCUT2D eigenvalue weighted by atomic mass is 79.9. The van der Waals surface area contributed by atoms with E-state index >= 15 is 0 Å². The predicted octanol–water partition coefficient (Wildman–Crippen LogP) is 2.10. The molecular formula is C9H10BrF2N3O3. The van der Waals surface area contributed by atoms with Crippen molar-refractivity contribution in [3.8, 4) is 0 Å². The van der Waals surface area contributed by atoms with Crippen molar-refractivity contribution in [3.05, 3.63) is 26.3 Å². The molecule has 6 nitrogen and oxygen atoms in total. The Labute approximate surface area is 109 Å². The molecule has 0 aliphatic heterocycles. The lowest BCUT2D eigenvalue weighted by molar-refractivity contribution is -0.385. The summed E-state index contributed by atoms with van der Waals surface area (Å²) in [5.41, 5.74) is 0.0751. The number of rotatable bonds is 5. The number of aliphatic hydroxyl groups excluding tert-OH is 1. The molecule has 100 valence electrons. The van der Waals surface area contributed by atoms with Gasteiger partial charge in [0, 0.05) is 5.56 Å². The van der Waals surface area contributed by atoms with Crippen molar-refractivity contribution in [2.75, 3.05) is 18.5 Å². The molecular weight excluding hydrogens is 316 g/mol. The van der Waals surface area contributed by atoms with Crippen molar-refractivity contribution >= 4 is 27.4 Å². The number of alkyl halides is 2. The Hall–Kier alpha value is -1.35. The molecule has 0 bridgehead atoms. The van der Waals surface area contributed by atoms with E-state index in [1.54, 1.807) is 0 Å². The number of pyridine rings is 1. The van der Waals surface area contributed by atoms with Crippen molar-refractivity contribution in [1.29, 1.82) is 0 Å². The zero-order chi connectivity index (χ0) is 13.9. The molecule has 2 N–H and O–H groups in total. The lowest BCUT2D eigenvalue weighted by Crippen LogP contribution is -2.31. The maximum Gasteiger partial charge on any atom is 0.291 e. The SMILES string of the molecule is Cc1c([N+](=O)[O-])cnc(NCC(F)(F)CO)c1Br. The van der Waals surface area contributed by atoms with Gasteiger partial charge in [-0.3, -0.25) is 10.1 Å². The summed E-state index contributed by atoms with van der Waals surface area (Å²) in [6, 6.07) is 0. The van der Waals surface area contributed by atoms with Crippen LogP contribution in [0.15, 0.2) is 10.7 Å². The fraction of sp³-hybridized carbons (Fsp3) is 0.444. The first-order chi connectivity index (χ1) is 8.28. The van der Waals surface area contributed by atoms with Crippen molar-refractivity contribution in [2.45, 2.75) is 12.8 Å². The van der Waals surface area contributed by atoms with Crippen LogP contribution in [0.2, 0.25) is 0 Å². The molecule has 1 aromatic rings. The van der Waals surface area contributed by atoms with E-state index in [0.29, 0.717) is 0 Å². The predicted molar refractivity (Wildman–Crippen MR) is 63.9 cm³/mol. The van der Waals surface area contributed by atoms with E-state index in [-0.39, 0.29) is 21.5 Å². The van der Waals surface area contributed by atoms with Crippen LogP contribution in [0.5, 0.6) is 0 Å². The average molecular weight is 326 g/mol. The molecule has 0 fully saturated rings. The van der Waals surface area contributed by atoms with Gasteiger partial charge in [0.05, 0.1) is 15.9 Å². The first-order valence-corrected chi connectivity index (χ1v) is 5.60. The molecule has 1 aromatic heterocycles. The van der Waals surface area contributed by atoms with Crippen molar-refractivity contribution in [2.24, 2.45) is 0 Å². The van der Waals surface area contributed by atoms with Gasteiger partial charge in [0.15, 0.2) is 0 Å². The van der Waals surface area contributed by atoms with Gasteiger partial charge in [0.2, 0.25) is 0 Å². The molecule has 0 aliphatic carbocycles. The maximum atomic E-state index is 12.8. The quantitative estimate of drug-likeness (QED) is 0.639. The molecule has 0 atom stereocenters. The lowest BCUT2D eigenvalue weighted by atomic mass is 10.2. The molecule has 0 aromatic carbocycles. The zero-order valence-corrected chi connectivity index (χ0v) is 10.9. The van der Waals surface area contributed by atoms with Crippen molar-refractivity contribution in [1.82, 2.24) is 4.98 Å². The summed E-state index contributed by atoms with van der Waals surface area (Å²) in [6.07, 6.45) is 0.986. The van der Waals surface area contributed by atoms with Crippen LogP contribution in [0.25, 0.3) is 0 Å². The van der Waals surface area contributed by atoms with E-state index in [9.17, 15) is 18.9 Å². The van der Waals surface area contributed by atoms with Crippen LogP contribution in [0.3, 0.4) is 0 Å². The van der Waals surface area contributed by atoms with Crippen LogP contribution in [0.1, 0.15) is 5.56 Å². The Bertz CT molecular complexity index is 471. The summed E-state index contributed by atoms with van der Waals surface area (Å²) in [6.45, 7) is -0.630. The highest BCUT2D eigenvalue weighted by molar-refractivity contribution is 9.10. The van der Waals surface area contributed by atoms with E-state index in [1.807, 2.05) is 0 Å². The third-order valence-electron chi connectivity index (χ3n) is 2.18. The van der Waals surface area contributed by atoms with Gasteiger partial charge in [-0.1, -0.05) is 0 Å². The summed E-state index contributed by atoms with van der Waals surface area (Å²) in [4.78, 5) is 13.7. The summed E-state index contributed by atoms with van der Waals surface area (Å²) >= 11 is 3.05. The van der Waals surface area contributed by atoms with Crippen LogP contribution in [0.4, 0.5) is 20.3 Å². The second-order valence-corrected chi connectivity index (χ2v) is 4.35. The van der Waals surface area contributed by atoms with Crippen molar-refractivity contribution < 1.29 is 18.8 Å².